The van der Waals surface area contributed by atoms with Crippen LogP contribution in [0.3, 0.4) is 0 Å². The first-order chi connectivity index (χ1) is 16.0. The van der Waals surface area contributed by atoms with Gasteiger partial charge in [0.15, 0.2) is 0 Å². The Kier molecular flexibility index (Phi) is 24.1. The van der Waals surface area contributed by atoms with Crippen molar-refractivity contribution in [2.75, 3.05) is 34.3 Å². The van der Waals surface area contributed by atoms with Crippen molar-refractivity contribution in [2.24, 2.45) is 0 Å². The number of carboxylic acids is 4. The molecule has 3 N–H and O–H groups in total. The Morgan fingerprint density at radius 1 is 0.722 bits per heavy atom. The van der Waals surface area contributed by atoms with E-state index < -0.39 is 23.9 Å². The minimum Gasteiger partial charge on any atom is -0.550 e. The third-order valence-electron chi connectivity index (χ3n) is 3.02. The maximum absolute atomic E-state index is 10.2. The fraction of sp³-hybridized carbons (Fsp3) is 0.217. The van der Waals surface area contributed by atoms with Gasteiger partial charge < -0.3 is 59.4 Å². The summed E-state index contributed by atoms with van der Waals surface area (Å²) in [6, 6.07) is 11.3. The minimum atomic E-state index is -1.36. The average Bonchev–Trinajstić information content (AvgIpc) is 2.67. The predicted octanol–water partition coefficient (Wildman–Crippen LogP) is -4.04. The molecular formula is C23H28AlNO11. The number of aliphatic hydroxyl groups is 1. The maximum atomic E-state index is 10.2. The molecule has 0 aliphatic carbocycles. The van der Waals surface area contributed by atoms with E-state index in [1.54, 1.807) is 12.1 Å². The molecule has 0 fully saturated rings. The molecule has 2 radical (unpaired) electrons. The van der Waals surface area contributed by atoms with Crippen molar-refractivity contribution in [3.05, 3.63) is 73.5 Å². The number of benzene rings is 2. The van der Waals surface area contributed by atoms with Crippen molar-refractivity contribution in [3.8, 4) is 11.5 Å². The number of quaternary nitrogens is 1. The zero-order valence-corrected chi connectivity index (χ0v) is 21.2. The smallest absolute Gasteiger partial charge is 0.550 e. The molecule has 0 aliphatic rings. The fourth-order valence-electron chi connectivity index (χ4n) is 1.59. The number of para-hydroxylation sites is 2. The van der Waals surface area contributed by atoms with Crippen LogP contribution in [0.4, 0.5) is 0 Å². The number of phenols is 2. The number of aromatic hydroxyl groups is 2. The summed E-state index contributed by atoms with van der Waals surface area (Å²) in [5, 5.41) is 64.0. The third-order valence-corrected chi connectivity index (χ3v) is 3.02. The van der Waals surface area contributed by atoms with Crippen molar-refractivity contribution in [1.82, 2.24) is 0 Å². The van der Waals surface area contributed by atoms with Crippen LogP contribution < -0.4 is 20.4 Å². The van der Waals surface area contributed by atoms with E-state index in [2.05, 4.69) is 35.0 Å². The van der Waals surface area contributed by atoms with E-state index in [-0.39, 0.29) is 46.6 Å². The number of hydrogen-bond acceptors (Lipinski definition) is 11. The van der Waals surface area contributed by atoms with Gasteiger partial charge in [0.25, 0.3) is 0 Å². The number of aromatic carboxylic acids is 2. The first-order valence-corrected chi connectivity index (χ1v) is 9.42. The molecule has 0 spiro atoms. The van der Waals surface area contributed by atoms with Gasteiger partial charge in [-0.25, -0.2) is 0 Å². The number of carbonyl (C=O) groups is 4. The van der Waals surface area contributed by atoms with Gasteiger partial charge in [0, 0.05) is 23.1 Å². The molecule has 0 heterocycles. The van der Waals surface area contributed by atoms with Crippen LogP contribution in [0.25, 0.3) is 0 Å². The summed E-state index contributed by atoms with van der Waals surface area (Å²) in [6.07, 6.45) is 0. The molecule has 2 aromatic rings. The molecule has 2 aromatic carbocycles. The van der Waals surface area contributed by atoms with E-state index in [0.29, 0.717) is 0 Å². The van der Waals surface area contributed by atoms with Crippen LogP contribution in [0.1, 0.15) is 20.7 Å². The maximum Gasteiger partial charge on any atom is 3.00 e. The molecule has 0 unspecified atom stereocenters. The van der Waals surface area contributed by atoms with Gasteiger partial charge in [-0.3, -0.25) is 0 Å². The summed E-state index contributed by atoms with van der Waals surface area (Å²) in [5.41, 5.74) is -0.356. The van der Waals surface area contributed by atoms with E-state index in [1.165, 1.54) is 36.4 Å². The van der Waals surface area contributed by atoms with Crippen molar-refractivity contribution in [3.63, 3.8) is 0 Å². The first kappa shape index (κ1) is 39.6. The first-order valence-electron chi connectivity index (χ1n) is 9.42. The molecule has 12 nitrogen and oxygen atoms in total. The van der Waals surface area contributed by atoms with Crippen LogP contribution in [-0.2, 0) is 9.59 Å². The number of rotatable bonds is 4. The Labute approximate surface area is 220 Å². The topological polar surface area (TPSA) is 221 Å². The summed E-state index contributed by atoms with van der Waals surface area (Å²) in [6.45, 7) is 6.00. The number of hydrogen-bond donors (Lipinski definition) is 3. The molecule has 0 saturated carbocycles. The van der Waals surface area contributed by atoms with Gasteiger partial charge in [-0.2, -0.15) is 0 Å². The van der Waals surface area contributed by atoms with Gasteiger partial charge in [-0.15, -0.1) is 0 Å². The number of carbonyl (C=O) groups excluding carboxylic acids is 4. The normalized spacial score (nSPS) is 8.83. The van der Waals surface area contributed by atoms with E-state index in [0.717, 1.165) is 11.0 Å². The number of aliphatic hydroxyl groups excluding tert-OH is 1. The minimum absolute atomic E-state index is 0. The predicted molar refractivity (Wildman–Crippen MR) is 121 cm³/mol. The molecule has 0 amide bonds. The average molecular weight is 521 g/mol. The van der Waals surface area contributed by atoms with Crippen LogP contribution in [0.5, 0.6) is 11.5 Å². The Balaban J connectivity index is -0.000000186. The summed E-state index contributed by atoms with van der Waals surface area (Å²) < 4.78 is 0.844. The summed E-state index contributed by atoms with van der Waals surface area (Å²) in [5.74, 6) is -5.92. The standard InChI is InChI=1S/2C7H6O3.C5H14NO.2C2H3O2.Al/c2*8-6-4-2-1-3-5(6)7(9)10;1-6(2,3)4-5-7;2*1-2(3)4;/h2*1-4,8H,(H,9,10);7H,4-5H2,1-3H3;2*1H2,(H,3,4);/q;;+1;;;+3/p-4. The second kappa shape index (κ2) is 21.9. The van der Waals surface area contributed by atoms with E-state index >= 15 is 0 Å². The Hall–Kier alpha value is -3.63. The molecule has 0 atom stereocenters. The van der Waals surface area contributed by atoms with E-state index in [9.17, 15) is 19.8 Å². The van der Waals surface area contributed by atoms with Crippen molar-refractivity contribution in [2.45, 2.75) is 0 Å². The molecule has 2 rings (SSSR count). The largest absolute Gasteiger partial charge is 3.00 e. The SMILES string of the molecule is C[N+](C)(C)CCO.O=C([O-])c1ccccc1O.O=C([O-])c1ccccc1O.[Al+3].[CH2]C(=O)[O-].[CH2]C(=O)[O-]. The van der Waals surface area contributed by atoms with Gasteiger partial charge in [0.2, 0.25) is 0 Å². The van der Waals surface area contributed by atoms with Gasteiger partial charge in [0.05, 0.1) is 39.7 Å². The molecule has 194 valence electrons. The third kappa shape index (κ3) is 28.4. The summed E-state index contributed by atoms with van der Waals surface area (Å²) in [4.78, 5) is 37.9. The summed E-state index contributed by atoms with van der Waals surface area (Å²) in [7, 11) is 6.16. The number of likely N-dealkylation sites (N-methyl/N-ethyl adjacent to an activating group) is 1. The molecule has 13 heteroatoms. The van der Waals surface area contributed by atoms with Crippen molar-refractivity contribution < 1.29 is 59.4 Å². The van der Waals surface area contributed by atoms with Crippen LogP contribution in [-0.4, -0.2) is 95.3 Å². The molecule has 36 heavy (non-hydrogen) atoms. The molecule has 0 bridgehead atoms. The van der Waals surface area contributed by atoms with Gasteiger partial charge >= 0.3 is 17.4 Å². The zero-order valence-electron chi connectivity index (χ0n) is 20.1. The zero-order chi connectivity index (χ0) is 28.2. The number of aliphatic carboxylic acids is 2. The number of nitrogens with zero attached hydrogens (tertiary/aromatic N) is 1. The second-order valence-electron chi connectivity index (χ2n) is 7.09. The number of carboxylic acid groups (broad SMARTS) is 4. The molecule has 0 saturated heterocycles. The van der Waals surface area contributed by atoms with E-state index in [4.69, 9.17) is 35.1 Å². The van der Waals surface area contributed by atoms with Crippen molar-refractivity contribution >= 4 is 41.2 Å². The summed E-state index contributed by atoms with van der Waals surface area (Å²) >= 11 is 0. The Bertz CT molecular complexity index is 853. The van der Waals surface area contributed by atoms with Crippen LogP contribution in [0.2, 0.25) is 0 Å². The van der Waals surface area contributed by atoms with Gasteiger partial charge in [-0.1, -0.05) is 24.3 Å². The fourth-order valence-corrected chi connectivity index (χ4v) is 1.59. The van der Waals surface area contributed by atoms with Crippen LogP contribution >= 0.6 is 0 Å². The quantitative estimate of drug-likeness (QED) is 0.259. The molecule has 0 aliphatic heterocycles. The van der Waals surface area contributed by atoms with Crippen LogP contribution in [0.15, 0.2) is 48.5 Å². The van der Waals surface area contributed by atoms with E-state index in [1.807, 2.05) is 0 Å². The molecular weight excluding hydrogens is 493 g/mol. The van der Waals surface area contributed by atoms with Crippen LogP contribution in [0, 0.1) is 13.8 Å². The van der Waals surface area contributed by atoms with Gasteiger partial charge in [0.1, 0.15) is 18.0 Å². The Morgan fingerprint density at radius 2 is 0.972 bits per heavy atom. The van der Waals surface area contributed by atoms with Crippen molar-refractivity contribution in [1.29, 1.82) is 0 Å². The van der Waals surface area contributed by atoms with Gasteiger partial charge in [-0.05, 0) is 38.1 Å². The molecule has 0 aromatic heterocycles. The monoisotopic (exact) mass is 521 g/mol. The Morgan fingerprint density at radius 3 is 1.08 bits per heavy atom. The second-order valence-corrected chi connectivity index (χ2v) is 7.09.